The molecule has 1 aliphatic heterocycles. The summed E-state index contributed by atoms with van der Waals surface area (Å²) in [5, 5.41) is 2.93. The lowest BCUT2D eigenvalue weighted by molar-refractivity contribution is -0.128. The van der Waals surface area contributed by atoms with Crippen molar-refractivity contribution >= 4 is 17.5 Å². The summed E-state index contributed by atoms with van der Waals surface area (Å²) in [6.07, 6.45) is 1.55. The summed E-state index contributed by atoms with van der Waals surface area (Å²) in [5.41, 5.74) is 2.28. The van der Waals surface area contributed by atoms with E-state index in [2.05, 4.69) is 19.2 Å². The number of anilines is 1. The van der Waals surface area contributed by atoms with Crippen LogP contribution in [0.3, 0.4) is 0 Å². The molecule has 0 unspecified atom stereocenters. The molecule has 1 aliphatic rings. The van der Waals surface area contributed by atoms with Crippen LogP contribution in [0.5, 0.6) is 5.75 Å². The highest BCUT2D eigenvalue weighted by atomic mass is 16.5. The van der Waals surface area contributed by atoms with E-state index in [-0.39, 0.29) is 11.8 Å². The number of nitrogens with one attached hydrogen (secondary N) is 1. The van der Waals surface area contributed by atoms with E-state index in [1.165, 1.54) is 0 Å². The Kier molecular flexibility index (Phi) is 6.12. The molecule has 5 heteroatoms. The van der Waals surface area contributed by atoms with Gasteiger partial charge in [0.05, 0.1) is 6.61 Å². The number of rotatable bonds is 7. The van der Waals surface area contributed by atoms with Crippen LogP contribution in [0.2, 0.25) is 0 Å². The van der Waals surface area contributed by atoms with Crippen LogP contribution in [0.1, 0.15) is 42.6 Å². The number of benzene rings is 2. The number of hydrogen-bond donors (Lipinski definition) is 1. The normalized spacial score (nSPS) is 13.9. The Morgan fingerprint density at radius 3 is 2.74 bits per heavy atom. The van der Waals surface area contributed by atoms with E-state index in [1.807, 2.05) is 41.3 Å². The number of carbonyl (C=O) groups excluding carboxylic acids is 2. The molecule has 2 amide bonds. The van der Waals surface area contributed by atoms with Crippen molar-refractivity contribution in [3.05, 3.63) is 59.7 Å². The molecule has 27 heavy (non-hydrogen) atoms. The molecule has 0 radical (unpaired) electrons. The topological polar surface area (TPSA) is 58.6 Å². The summed E-state index contributed by atoms with van der Waals surface area (Å²) < 4.78 is 5.69. The van der Waals surface area contributed by atoms with Gasteiger partial charge in [0, 0.05) is 30.8 Å². The van der Waals surface area contributed by atoms with Crippen LogP contribution < -0.4 is 10.1 Å². The van der Waals surface area contributed by atoms with Crippen molar-refractivity contribution in [3.8, 4) is 5.75 Å². The lowest BCUT2D eigenvalue weighted by atomic mass is 10.1. The first-order valence-corrected chi connectivity index (χ1v) is 9.42. The van der Waals surface area contributed by atoms with Crippen LogP contribution >= 0.6 is 0 Å². The third-order valence-corrected chi connectivity index (χ3v) is 4.41. The van der Waals surface area contributed by atoms with Crippen LogP contribution in [-0.4, -0.2) is 29.9 Å². The summed E-state index contributed by atoms with van der Waals surface area (Å²) in [7, 11) is 0. The van der Waals surface area contributed by atoms with E-state index in [0.717, 1.165) is 24.2 Å². The van der Waals surface area contributed by atoms with Crippen LogP contribution in [0.25, 0.3) is 0 Å². The van der Waals surface area contributed by atoms with Crippen molar-refractivity contribution in [2.75, 3.05) is 18.5 Å². The minimum atomic E-state index is -0.181. The smallest absolute Gasteiger partial charge is 0.255 e. The van der Waals surface area contributed by atoms with Crippen molar-refractivity contribution in [1.29, 1.82) is 0 Å². The third-order valence-electron chi connectivity index (χ3n) is 4.41. The van der Waals surface area contributed by atoms with Crippen LogP contribution in [0, 0.1) is 5.92 Å². The summed E-state index contributed by atoms with van der Waals surface area (Å²) in [6.45, 7) is 6.17. The molecule has 3 rings (SSSR count). The molecule has 5 nitrogen and oxygen atoms in total. The van der Waals surface area contributed by atoms with Gasteiger partial charge >= 0.3 is 0 Å². The SMILES string of the molecule is CC(C)COc1cccc(C(=O)Nc2cccc(CN3CCCC3=O)c2)c1. The van der Waals surface area contributed by atoms with Gasteiger partial charge in [-0.2, -0.15) is 0 Å². The van der Waals surface area contributed by atoms with Gasteiger partial charge in [0.1, 0.15) is 5.75 Å². The molecule has 0 spiro atoms. The first-order chi connectivity index (χ1) is 13.0. The van der Waals surface area contributed by atoms with Crippen LogP contribution in [0.4, 0.5) is 5.69 Å². The lowest BCUT2D eigenvalue weighted by Crippen LogP contribution is -2.23. The molecule has 0 atom stereocenters. The Morgan fingerprint density at radius 2 is 2.00 bits per heavy atom. The summed E-state index contributed by atoms with van der Waals surface area (Å²) in [4.78, 5) is 26.2. The Balaban J connectivity index is 1.64. The summed E-state index contributed by atoms with van der Waals surface area (Å²) in [5.74, 6) is 1.13. The zero-order valence-electron chi connectivity index (χ0n) is 15.9. The predicted molar refractivity (Wildman–Crippen MR) is 106 cm³/mol. The van der Waals surface area contributed by atoms with E-state index >= 15 is 0 Å². The molecule has 2 aromatic carbocycles. The molecule has 1 saturated heterocycles. The largest absolute Gasteiger partial charge is 0.493 e. The average molecular weight is 366 g/mol. The fourth-order valence-corrected chi connectivity index (χ4v) is 3.03. The van der Waals surface area contributed by atoms with Gasteiger partial charge in [0.2, 0.25) is 5.91 Å². The second kappa shape index (κ2) is 8.71. The number of amides is 2. The van der Waals surface area contributed by atoms with Crippen molar-refractivity contribution in [3.63, 3.8) is 0 Å². The maximum Gasteiger partial charge on any atom is 0.255 e. The van der Waals surface area contributed by atoms with Gasteiger partial charge in [-0.15, -0.1) is 0 Å². The molecule has 2 aromatic rings. The van der Waals surface area contributed by atoms with E-state index in [9.17, 15) is 9.59 Å². The molecule has 142 valence electrons. The zero-order valence-corrected chi connectivity index (χ0v) is 15.9. The highest BCUT2D eigenvalue weighted by Crippen LogP contribution is 2.19. The quantitative estimate of drug-likeness (QED) is 0.803. The van der Waals surface area contributed by atoms with Gasteiger partial charge < -0.3 is 15.0 Å². The highest BCUT2D eigenvalue weighted by Gasteiger charge is 2.20. The van der Waals surface area contributed by atoms with E-state index in [0.29, 0.717) is 36.8 Å². The molecule has 1 fully saturated rings. The molecular formula is C22H26N2O3. The molecule has 0 aromatic heterocycles. The second-order valence-electron chi connectivity index (χ2n) is 7.31. The van der Waals surface area contributed by atoms with E-state index in [1.54, 1.807) is 12.1 Å². The van der Waals surface area contributed by atoms with Crippen molar-refractivity contribution in [2.24, 2.45) is 5.92 Å². The van der Waals surface area contributed by atoms with Gasteiger partial charge in [0.25, 0.3) is 5.91 Å². The Morgan fingerprint density at radius 1 is 1.19 bits per heavy atom. The summed E-state index contributed by atoms with van der Waals surface area (Å²) >= 11 is 0. The molecule has 0 bridgehead atoms. The van der Waals surface area contributed by atoms with E-state index in [4.69, 9.17) is 4.74 Å². The third kappa shape index (κ3) is 5.33. The number of carbonyl (C=O) groups is 2. The summed E-state index contributed by atoms with van der Waals surface area (Å²) in [6, 6.07) is 14.8. The Bertz CT molecular complexity index is 817. The molecule has 1 heterocycles. The fourth-order valence-electron chi connectivity index (χ4n) is 3.03. The van der Waals surface area contributed by atoms with Crippen molar-refractivity contribution in [2.45, 2.75) is 33.2 Å². The zero-order chi connectivity index (χ0) is 19.2. The molecule has 1 N–H and O–H groups in total. The van der Waals surface area contributed by atoms with E-state index < -0.39 is 0 Å². The first kappa shape index (κ1) is 19.0. The Labute approximate surface area is 160 Å². The number of likely N-dealkylation sites (tertiary alicyclic amines) is 1. The van der Waals surface area contributed by atoms with Crippen LogP contribution in [0.15, 0.2) is 48.5 Å². The second-order valence-corrected chi connectivity index (χ2v) is 7.31. The highest BCUT2D eigenvalue weighted by molar-refractivity contribution is 6.04. The standard InChI is InChI=1S/C22H26N2O3/c1-16(2)15-27-20-9-4-7-18(13-20)22(26)23-19-8-3-6-17(12-19)14-24-11-5-10-21(24)25/h3-4,6-9,12-13,16H,5,10-11,14-15H2,1-2H3,(H,23,26). The number of nitrogens with zero attached hydrogens (tertiary/aromatic N) is 1. The maximum absolute atomic E-state index is 12.6. The average Bonchev–Trinajstić information content (AvgIpc) is 3.05. The van der Waals surface area contributed by atoms with Gasteiger partial charge in [-0.3, -0.25) is 9.59 Å². The maximum atomic E-state index is 12.6. The minimum Gasteiger partial charge on any atom is -0.493 e. The van der Waals surface area contributed by atoms with Crippen molar-refractivity contribution in [1.82, 2.24) is 4.90 Å². The molecular weight excluding hydrogens is 340 g/mol. The Hall–Kier alpha value is -2.82. The predicted octanol–water partition coefficient (Wildman–Crippen LogP) is 4.10. The van der Waals surface area contributed by atoms with Gasteiger partial charge in [-0.05, 0) is 48.2 Å². The number of hydrogen-bond acceptors (Lipinski definition) is 3. The number of ether oxygens (including phenoxy) is 1. The first-order valence-electron chi connectivity index (χ1n) is 9.42. The van der Waals surface area contributed by atoms with Gasteiger partial charge in [0.15, 0.2) is 0 Å². The monoisotopic (exact) mass is 366 g/mol. The fraction of sp³-hybridized carbons (Fsp3) is 0.364. The minimum absolute atomic E-state index is 0.181. The van der Waals surface area contributed by atoms with Gasteiger partial charge in [-0.1, -0.05) is 32.0 Å². The molecule has 0 aliphatic carbocycles. The van der Waals surface area contributed by atoms with Gasteiger partial charge in [-0.25, -0.2) is 0 Å². The van der Waals surface area contributed by atoms with Crippen LogP contribution in [-0.2, 0) is 11.3 Å². The lowest BCUT2D eigenvalue weighted by Gasteiger charge is -2.16. The van der Waals surface area contributed by atoms with Crippen molar-refractivity contribution < 1.29 is 14.3 Å². The molecule has 0 saturated carbocycles.